The fourth-order valence-corrected chi connectivity index (χ4v) is 4.24. The average molecular weight is 306 g/mol. The maximum absolute atomic E-state index is 12.5. The van der Waals surface area contributed by atoms with E-state index in [2.05, 4.69) is 0 Å². The third-order valence-corrected chi connectivity index (χ3v) is 5.37. The molecule has 124 valence electrons. The number of carbonyl (C=O) groups excluding carboxylic acids is 2. The number of Topliss-reactive ketones (excluding diaryl/α,β-unsaturated/α-hetero) is 1. The molecule has 2 rings (SSSR count). The van der Waals surface area contributed by atoms with Gasteiger partial charge in [-0.1, -0.05) is 45.4 Å². The molecule has 0 amide bonds. The summed E-state index contributed by atoms with van der Waals surface area (Å²) in [5, 5.41) is 0. The van der Waals surface area contributed by atoms with Crippen molar-refractivity contribution in [2.45, 2.75) is 77.6 Å². The molecule has 3 heteroatoms. The van der Waals surface area contributed by atoms with Gasteiger partial charge in [0.1, 0.15) is 5.57 Å². The minimum atomic E-state index is -0.405. The highest BCUT2D eigenvalue weighted by Crippen LogP contribution is 2.41. The first kappa shape index (κ1) is 17.2. The lowest BCUT2D eigenvalue weighted by Crippen LogP contribution is -2.26. The van der Waals surface area contributed by atoms with Crippen LogP contribution in [0.3, 0.4) is 0 Å². The second-order valence-corrected chi connectivity index (χ2v) is 6.77. The molecule has 0 aromatic heterocycles. The predicted molar refractivity (Wildman–Crippen MR) is 87.5 cm³/mol. The standard InChI is InChI=1S/C19H30O3/c1-3-16(20)18(19(21)22-2)17(14-10-6-4-7-11-14)15-12-8-5-9-13-15/h14-15H,3-13H2,1-2H3. The first-order valence-electron chi connectivity index (χ1n) is 9.04. The molecule has 2 aliphatic rings. The van der Waals surface area contributed by atoms with Crippen molar-refractivity contribution in [1.82, 2.24) is 0 Å². The molecule has 2 saturated carbocycles. The number of ketones is 1. The average Bonchev–Trinajstić information content (AvgIpc) is 2.59. The van der Waals surface area contributed by atoms with E-state index in [1.165, 1.54) is 45.6 Å². The Kier molecular flexibility index (Phi) is 6.66. The summed E-state index contributed by atoms with van der Waals surface area (Å²) < 4.78 is 4.98. The molecule has 0 aromatic carbocycles. The topological polar surface area (TPSA) is 43.4 Å². The van der Waals surface area contributed by atoms with Crippen molar-refractivity contribution in [3.63, 3.8) is 0 Å². The van der Waals surface area contributed by atoms with Crippen LogP contribution in [0.1, 0.15) is 77.6 Å². The van der Waals surface area contributed by atoms with Crippen molar-refractivity contribution in [1.29, 1.82) is 0 Å². The molecule has 22 heavy (non-hydrogen) atoms. The number of hydrogen-bond donors (Lipinski definition) is 0. The van der Waals surface area contributed by atoms with Crippen LogP contribution in [0.4, 0.5) is 0 Å². The summed E-state index contributed by atoms with van der Waals surface area (Å²) in [6.45, 7) is 1.84. The lowest BCUT2D eigenvalue weighted by Gasteiger charge is -2.33. The van der Waals surface area contributed by atoms with Gasteiger partial charge in [0.05, 0.1) is 7.11 Å². The zero-order chi connectivity index (χ0) is 15.9. The van der Waals surface area contributed by atoms with Crippen LogP contribution < -0.4 is 0 Å². The summed E-state index contributed by atoms with van der Waals surface area (Å²) in [6, 6.07) is 0. The summed E-state index contributed by atoms with van der Waals surface area (Å²) in [5.41, 5.74) is 1.57. The number of esters is 1. The van der Waals surface area contributed by atoms with E-state index in [1.54, 1.807) is 0 Å². The van der Waals surface area contributed by atoms with Gasteiger partial charge in [-0.25, -0.2) is 4.79 Å². The number of rotatable bonds is 5. The van der Waals surface area contributed by atoms with Gasteiger partial charge >= 0.3 is 5.97 Å². The molecule has 0 saturated heterocycles. The third kappa shape index (κ3) is 3.99. The molecule has 2 aliphatic carbocycles. The summed E-state index contributed by atoms with van der Waals surface area (Å²) in [5.74, 6) is 0.402. The monoisotopic (exact) mass is 306 g/mol. The maximum atomic E-state index is 12.5. The lowest BCUT2D eigenvalue weighted by atomic mass is 9.71. The van der Waals surface area contributed by atoms with Crippen LogP contribution in [-0.2, 0) is 14.3 Å². The van der Waals surface area contributed by atoms with Gasteiger partial charge in [-0.05, 0) is 43.1 Å². The van der Waals surface area contributed by atoms with Crippen molar-refractivity contribution in [2.24, 2.45) is 11.8 Å². The van der Waals surface area contributed by atoms with Gasteiger partial charge in [-0.15, -0.1) is 0 Å². The first-order chi connectivity index (χ1) is 10.7. The Morgan fingerprint density at radius 3 is 1.68 bits per heavy atom. The summed E-state index contributed by atoms with van der Waals surface area (Å²) >= 11 is 0. The lowest BCUT2D eigenvalue weighted by molar-refractivity contribution is -0.138. The van der Waals surface area contributed by atoms with Crippen molar-refractivity contribution in [3.05, 3.63) is 11.1 Å². The Morgan fingerprint density at radius 1 is 0.864 bits per heavy atom. The molecule has 0 atom stereocenters. The minimum absolute atomic E-state index is 0.0296. The van der Waals surface area contributed by atoms with Crippen LogP contribution in [0, 0.1) is 11.8 Å². The molecular formula is C19H30O3. The molecule has 0 aromatic rings. The van der Waals surface area contributed by atoms with E-state index in [9.17, 15) is 9.59 Å². The van der Waals surface area contributed by atoms with E-state index in [0.717, 1.165) is 31.3 Å². The van der Waals surface area contributed by atoms with Crippen molar-refractivity contribution in [3.8, 4) is 0 Å². The molecule has 0 N–H and O–H groups in total. The Balaban J connectivity index is 2.42. The summed E-state index contributed by atoms with van der Waals surface area (Å²) in [6.07, 6.45) is 12.3. The van der Waals surface area contributed by atoms with Gasteiger partial charge in [0.25, 0.3) is 0 Å². The van der Waals surface area contributed by atoms with E-state index in [1.807, 2.05) is 6.92 Å². The second-order valence-electron chi connectivity index (χ2n) is 6.77. The van der Waals surface area contributed by atoms with Crippen LogP contribution in [0.5, 0.6) is 0 Å². The van der Waals surface area contributed by atoms with E-state index in [0.29, 0.717) is 23.8 Å². The highest BCUT2D eigenvalue weighted by atomic mass is 16.5. The van der Waals surface area contributed by atoms with Crippen LogP contribution >= 0.6 is 0 Å². The van der Waals surface area contributed by atoms with Crippen molar-refractivity contribution < 1.29 is 14.3 Å². The normalized spacial score (nSPS) is 20.5. The zero-order valence-electron chi connectivity index (χ0n) is 14.2. The second kappa shape index (κ2) is 8.50. The van der Waals surface area contributed by atoms with Gasteiger partial charge in [0, 0.05) is 6.42 Å². The third-order valence-electron chi connectivity index (χ3n) is 5.37. The summed E-state index contributed by atoms with van der Waals surface area (Å²) in [4.78, 5) is 24.8. The van der Waals surface area contributed by atoms with E-state index in [-0.39, 0.29) is 5.78 Å². The predicted octanol–water partition coefficient (Wildman–Crippen LogP) is 4.60. The Labute approximate surface area is 134 Å². The summed E-state index contributed by atoms with van der Waals surface area (Å²) in [7, 11) is 1.39. The number of methoxy groups -OCH3 is 1. The molecule has 0 heterocycles. The van der Waals surface area contributed by atoms with Crippen LogP contribution in [-0.4, -0.2) is 18.9 Å². The van der Waals surface area contributed by atoms with Gasteiger partial charge in [-0.3, -0.25) is 4.79 Å². The molecule has 0 radical (unpaired) electrons. The van der Waals surface area contributed by atoms with Gasteiger partial charge < -0.3 is 4.74 Å². The quantitative estimate of drug-likeness (QED) is 0.323. The van der Waals surface area contributed by atoms with Gasteiger partial charge in [0.15, 0.2) is 5.78 Å². The van der Waals surface area contributed by atoms with Gasteiger partial charge in [0.2, 0.25) is 0 Å². The highest BCUT2D eigenvalue weighted by Gasteiger charge is 2.33. The SMILES string of the molecule is CCC(=O)C(C(=O)OC)=C(C1CCCCC1)C1CCCCC1. The number of ether oxygens (including phenoxy) is 1. The largest absolute Gasteiger partial charge is 0.465 e. The molecule has 0 aliphatic heterocycles. The first-order valence-corrected chi connectivity index (χ1v) is 9.04. The van der Waals surface area contributed by atoms with Crippen LogP contribution in [0.15, 0.2) is 11.1 Å². The van der Waals surface area contributed by atoms with Crippen LogP contribution in [0.2, 0.25) is 0 Å². The Hall–Kier alpha value is -1.12. The fraction of sp³-hybridized carbons (Fsp3) is 0.789. The maximum Gasteiger partial charge on any atom is 0.341 e. The zero-order valence-corrected chi connectivity index (χ0v) is 14.2. The van der Waals surface area contributed by atoms with E-state index >= 15 is 0 Å². The van der Waals surface area contributed by atoms with E-state index in [4.69, 9.17) is 4.74 Å². The minimum Gasteiger partial charge on any atom is -0.465 e. The van der Waals surface area contributed by atoms with E-state index < -0.39 is 5.97 Å². The van der Waals surface area contributed by atoms with Crippen LogP contribution in [0.25, 0.3) is 0 Å². The Morgan fingerprint density at radius 2 is 1.32 bits per heavy atom. The number of hydrogen-bond acceptors (Lipinski definition) is 3. The molecular weight excluding hydrogens is 276 g/mol. The number of carbonyl (C=O) groups is 2. The van der Waals surface area contributed by atoms with Gasteiger partial charge in [-0.2, -0.15) is 0 Å². The Bertz CT molecular complexity index is 386. The molecule has 0 spiro atoms. The highest BCUT2D eigenvalue weighted by molar-refractivity contribution is 6.17. The van der Waals surface area contributed by atoms with Crippen molar-refractivity contribution in [2.75, 3.05) is 7.11 Å². The molecule has 0 bridgehead atoms. The fourth-order valence-electron chi connectivity index (χ4n) is 4.24. The molecule has 2 fully saturated rings. The molecule has 0 unspecified atom stereocenters. The molecule has 3 nitrogen and oxygen atoms in total. The smallest absolute Gasteiger partial charge is 0.341 e. The van der Waals surface area contributed by atoms with Crippen molar-refractivity contribution >= 4 is 11.8 Å². The number of allylic oxidation sites excluding steroid dienone is 1.